The zero-order valence-electron chi connectivity index (χ0n) is 9.62. The second kappa shape index (κ2) is 3.16. The lowest BCUT2D eigenvalue weighted by Crippen LogP contribution is -1.89. The topological polar surface area (TPSA) is 0 Å². The van der Waals surface area contributed by atoms with Crippen molar-refractivity contribution in [3.05, 3.63) is 62.9 Å². The summed E-state index contributed by atoms with van der Waals surface area (Å²) in [4.78, 5) is 2.94. The van der Waals surface area contributed by atoms with Gasteiger partial charge >= 0.3 is 0 Å². The van der Waals surface area contributed by atoms with E-state index >= 15 is 0 Å². The van der Waals surface area contributed by atoms with Crippen LogP contribution in [0.3, 0.4) is 0 Å². The molecule has 0 N–H and O–H groups in total. The van der Waals surface area contributed by atoms with Gasteiger partial charge in [0.15, 0.2) is 6.08 Å². The normalized spacial score (nSPS) is 17.6. The Kier molecular flexibility index (Phi) is 1.68. The number of hydrogen-bond donors (Lipinski definition) is 0. The Morgan fingerprint density at radius 1 is 1.00 bits per heavy atom. The van der Waals surface area contributed by atoms with Crippen LogP contribution in [0.25, 0.3) is 15.3 Å². The molecule has 0 bridgehead atoms. The summed E-state index contributed by atoms with van der Waals surface area (Å²) in [5.74, 6) is 0. The summed E-state index contributed by atoms with van der Waals surface area (Å²) in [6, 6.07) is 7.13. The Balaban J connectivity index is 1.74. The Hall–Kier alpha value is -1.34. The molecule has 0 saturated heterocycles. The third-order valence-electron chi connectivity index (χ3n) is 4.01. The van der Waals surface area contributed by atoms with Crippen molar-refractivity contribution in [2.45, 2.75) is 12.8 Å². The molecule has 2 heteroatoms. The molecule has 84 valence electrons. The molecule has 0 amide bonds. The quantitative estimate of drug-likeness (QED) is 0.533. The summed E-state index contributed by atoms with van der Waals surface area (Å²) in [6.45, 7) is 0. The van der Waals surface area contributed by atoms with E-state index in [1.54, 1.807) is 11.8 Å². The summed E-state index contributed by atoms with van der Waals surface area (Å²) in [6.07, 6.45) is 4.37. The third-order valence-corrected chi connectivity index (χ3v) is 5.92. The van der Waals surface area contributed by atoms with E-state index in [0.29, 0.717) is 0 Å². The molecule has 0 atom stereocenters. The van der Waals surface area contributed by atoms with Gasteiger partial charge in [0.1, 0.15) is 15.9 Å². The highest BCUT2D eigenvalue weighted by atomic mass is 32.2. The maximum Gasteiger partial charge on any atom is 0.173 e. The Morgan fingerprint density at radius 3 is 2.89 bits per heavy atom. The highest BCUT2D eigenvalue weighted by molar-refractivity contribution is 8.10. The highest BCUT2D eigenvalue weighted by Gasteiger charge is 2.34. The van der Waals surface area contributed by atoms with Gasteiger partial charge in [-0.1, -0.05) is 0 Å². The van der Waals surface area contributed by atoms with Crippen molar-refractivity contribution in [2.24, 2.45) is 0 Å². The number of allylic oxidation sites excluding steroid dienone is 2. The van der Waals surface area contributed by atoms with Gasteiger partial charge in [-0.3, -0.25) is 0 Å². The average Bonchev–Trinajstić information content (AvgIpc) is 3.04. The van der Waals surface area contributed by atoms with Crippen molar-refractivity contribution >= 4 is 28.0 Å². The minimum absolute atomic E-state index is 1.10. The molecule has 2 aliphatic carbocycles. The molecule has 0 saturated carbocycles. The summed E-state index contributed by atoms with van der Waals surface area (Å²) in [5.41, 5.74) is 8.94. The van der Waals surface area contributed by atoms with Crippen molar-refractivity contribution in [1.82, 2.24) is 0 Å². The molecule has 1 aromatic heterocycles. The largest absolute Gasteiger partial charge is 0.173 e. The monoisotopic (exact) mass is 265 g/mol. The van der Waals surface area contributed by atoms with Gasteiger partial charge in [-0.15, -0.1) is 11.3 Å². The molecule has 0 fully saturated rings. The van der Waals surface area contributed by atoms with Gasteiger partial charge < -0.3 is 0 Å². The molecule has 18 heavy (non-hydrogen) atoms. The van der Waals surface area contributed by atoms with E-state index in [9.17, 15) is 0 Å². The lowest BCUT2D eigenvalue weighted by Gasteiger charge is -2.05. The standard InChI is InChI=1S/C16H9S2/c1-3-17-15-9(1)5-11-7-14-12(8-13(11)15)6-10-2-4-18-16(10)14/h1-3,7-8H,5-6H2/q+1. The molecule has 0 radical (unpaired) electrons. The fraction of sp³-hybridized carbons (Fsp3) is 0.125. The van der Waals surface area contributed by atoms with E-state index in [1.165, 1.54) is 43.2 Å². The molecular weight excluding hydrogens is 256 g/mol. The summed E-state index contributed by atoms with van der Waals surface area (Å²) >= 11 is 3.65. The van der Waals surface area contributed by atoms with E-state index in [-0.39, 0.29) is 0 Å². The van der Waals surface area contributed by atoms with Crippen LogP contribution in [0.2, 0.25) is 0 Å². The van der Waals surface area contributed by atoms with Gasteiger partial charge in [0, 0.05) is 10.4 Å². The maximum absolute atomic E-state index is 3.26. The molecule has 0 unspecified atom stereocenters. The minimum Gasteiger partial charge on any atom is -0.144 e. The van der Waals surface area contributed by atoms with Gasteiger partial charge in [-0.2, -0.15) is 0 Å². The Labute approximate surface area is 114 Å². The van der Waals surface area contributed by atoms with Gasteiger partial charge in [0.2, 0.25) is 0 Å². The smallest absolute Gasteiger partial charge is 0.144 e. The van der Waals surface area contributed by atoms with Crippen LogP contribution in [0.15, 0.2) is 35.2 Å². The first kappa shape index (κ1) is 9.57. The lowest BCUT2D eigenvalue weighted by atomic mass is 10.0. The van der Waals surface area contributed by atoms with Crippen molar-refractivity contribution in [2.75, 3.05) is 0 Å². The number of fused-ring (bicyclic) bond motifs is 5. The van der Waals surface area contributed by atoms with Crippen molar-refractivity contribution < 1.29 is 0 Å². The van der Waals surface area contributed by atoms with Crippen molar-refractivity contribution in [1.29, 1.82) is 0 Å². The van der Waals surface area contributed by atoms with Crippen molar-refractivity contribution in [3.63, 3.8) is 0 Å². The number of thioether (sulfide) groups is 1. The lowest BCUT2D eigenvalue weighted by molar-refractivity contribution is 1.22. The van der Waals surface area contributed by atoms with Crippen LogP contribution in [0.4, 0.5) is 0 Å². The fourth-order valence-corrected chi connectivity index (χ4v) is 5.03. The van der Waals surface area contributed by atoms with E-state index in [4.69, 9.17) is 0 Å². The summed E-state index contributed by atoms with van der Waals surface area (Å²) in [5, 5.41) is 5.48. The van der Waals surface area contributed by atoms with Crippen LogP contribution in [0, 0.1) is 5.41 Å². The fourth-order valence-electron chi connectivity index (χ4n) is 3.18. The van der Waals surface area contributed by atoms with Crippen LogP contribution in [0.5, 0.6) is 0 Å². The molecular formula is C16H9S2+. The first-order valence-corrected chi connectivity index (χ1v) is 7.81. The molecule has 2 aromatic rings. The van der Waals surface area contributed by atoms with E-state index in [0.717, 1.165) is 12.8 Å². The summed E-state index contributed by atoms with van der Waals surface area (Å²) < 4.78 is 0. The third kappa shape index (κ3) is 1.07. The molecule has 1 aliphatic heterocycles. The Morgan fingerprint density at radius 2 is 1.89 bits per heavy atom. The second-order valence-corrected chi connectivity index (χ2v) is 6.78. The van der Waals surface area contributed by atoms with Crippen LogP contribution in [-0.4, -0.2) is 0 Å². The SMILES string of the molecule is [C+]1=CC2=C(S1)c1cc3c(cc1C2)-c1sccc1C3. The number of thiophene rings is 1. The van der Waals surface area contributed by atoms with Crippen LogP contribution >= 0.6 is 23.1 Å². The second-order valence-electron chi connectivity index (χ2n) is 5.01. The van der Waals surface area contributed by atoms with Crippen LogP contribution in [-0.2, 0) is 12.8 Å². The predicted molar refractivity (Wildman–Crippen MR) is 78.6 cm³/mol. The van der Waals surface area contributed by atoms with Gasteiger partial charge in [0.25, 0.3) is 0 Å². The van der Waals surface area contributed by atoms with Gasteiger partial charge in [-0.25, -0.2) is 0 Å². The molecule has 2 heterocycles. The molecule has 0 spiro atoms. The maximum atomic E-state index is 3.26. The molecule has 0 nitrogen and oxygen atoms in total. The number of hydrogen-bond acceptors (Lipinski definition) is 2. The van der Waals surface area contributed by atoms with Crippen LogP contribution in [0.1, 0.15) is 22.3 Å². The molecule has 3 aliphatic rings. The van der Waals surface area contributed by atoms with E-state index in [2.05, 4.69) is 35.1 Å². The van der Waals surface area contributed by atoms with E-state index < -0.39 is 0 Å². The van der Waals surface area contributed by atoms with Crippen LogP contribution < -0.4 is 0 Å². The van der Waals surface area contributed by atoms with Crippen molar-refractivity contribution in [3.8, 4) is 10.4 Å². The number of benzene rings is 1. The van der Waals surface area contributed by atoms with Gasteiger partial charge in [-0.05, 0) is 52.3 Å². The predicted octanol–water partition coefficient (Wildman–Crippen LogP) is 4.65. The zero-order chi connectivity index (χ0) is 11.7. The van der Waals surface area contributed by atoms with Gasteiger partial charge in [0.05, 0.1) is 18.2 Å². The molecule has 1 aromatic carbocycles. The Bertz CT molecular complexity index is 759. The zero-order valence-corrected chi connectivity index (χ0v) is 11.3. The first-order chi connectivity index (χ1) is 8.90. The summed E-state index contributed by atoms with van der Waals surface area (Å²) in [7, 11) is 0. The first-order valence-electron chi connectivity index (χ1n) is 6.12. The minimum atomic E-state index is 1.10. The highest BCUT2D eigenvalue weighted by Crippen LogP contribution is 2.49. The number of rotatable bonds is 0. The van der Waals surface area contributed by atoms with E-state index in [1.807, 2.05) is 11.3 Å². The molecule has 5 rings (SSSR count). The average molecular weight is 265 g/mol.